The van der Waals surface area contributed by atoms with Gasteiger partial charge >= 0.3 is 0 Å². The molecule has 1 amide bonds. The van der Waals surface area contributed by atoms with E-state index >= 15 is 0 Å². The molecule has 0 aliphatic heterocycles. The number of carbonyl (C=O) groups excluding carboxylic acids is 1. The summed E-state index contributed by atoms with van der Waals surface area (Å²) in [7, 11) is -2.51. The molecule has 0 heterocycles. The molecule has 0 radical (unpaired) electrons. The highest BCUT2D eigenvalue weighted by Crippen LogP contribution is 2.36. The van der Waals surface area contributed by atoms with Crippen LogP contribution in [0.3, 0.4) is 0 Å². The number of hydrazone groups is 1. The number of ether oxygens (including phenoxy) is 2. The van der Waals surface area contributed by atoms with Gasteiger partial charge in [-0.05, 0) is 76.9 Å². The maximum absolute atomic E-state index is 13.4. The number of methoxy groups -OCH3 is 1. The quantitative estimate of drug-likeness (QED) is 0.169. The Balaban J connectivity index is 1.81. The molecule has 0 aliphatic carbocycles. The second-order valence-electron chi connectivity index (χ2n) is 7.73. The largest absolute Gasteiger partial charge is 0.493 e. The lowest BCUT2D eigenvalue weighted by Crippen LogP contribution is -2.39. The molecule has 3 aromatic carbocycles. The fourth-order valence-corrected chi connectivity index (χ4v) is 5.46. The summed E-state index contributed by atoms with van der Waals surface area (Å²) in [5.74, 6) is 0.358. The highest BCUT2D eigenvalue weighted by Gasteiger charge is 2.27. The topological polar surface area (TPSA) is 97.3 Å². The molecule has 0 bridgehead atoms. The molecule has 3 rings (SSSR count). The highest BCUT2D eigenvalue weighted by molar-refractivity contribution is 9.10. The van der Waals surface area contributed by atoms with Gasteiger partial charge in [-0.3, -0.25) is 9.10 Å². The first-order chi connectivity index (χ1) is 17.6. The fourth-order valence-electron chi connectivity index (χ4n) is 3.20. The maximum Gasteiger partial charge on any atom is 0.264 e. The molecule has 0 aromatic heterocycles. The predicted molar refractivity (Wildman–Crippen MR) is 152 cm³/mol. The average molecular weight is 651 g/mol. The number of halogens is 2. The summed E-state index contributed by atoms with van der Waals surface area (Å²) >= 11 is 6.78. The molecule has 1 N–H and O–H groups in total. The third kappa shape index (κ3) is 7.43. The molecule has 194 valence electrons. The van der Waals surface area contributed by atoms with Crippen molar-refractivity contribution >= 4 is 59.7 Å². The Morgan fingerprint density at radius 2 is 1.78 bits per heavy atom. The number of sulfonamides is 1. The highest BCUT2D eigenvalue weighted by atomic mass is 79.9. The maximum atomic E-state index is 13.4. The van der Waals surface area contributed by atoms with Crippen LogP contribution in [0.15, 0.2) is 92.3 Å². The van der Waals surface area contributed by atoms with Crippen LogP contribution in [0.2, 0.25) is 0 Å². The van der Waals surface area contributed by atoms with Crippen molar-refractivity contribution in [1.29, 1.82) is 0 Å². The summed E-state index contributed by atoms with van der Waals surface area (Å²) in [6.45, 7) is 5.32. The van der Waals surface area contributed by atoms with Gasteiger partial charge in [0.1, 0.15) is 13.2 Å². The number of carbonyl (C=O) groups is 1. The van der Waals surface area contributed by atoms with Crippen molar-refractivity contribution in [3.63, 3.8) is 0 Å². The number of aryl methyl sites for hydroxylation is 1. The van der Waals surface area contributed by atoms with E-state index in [1.165, 1.54) is 25.5 Å². The molecule has 3 aromatic rings. The Hall–Kier alpha value is -3.15. The second-order valence-corrected chi connectivity index (χ2v) is 11.4. The number of rotatable bonds is 11. The van der Waals surface area contributed by atoms with Crippen LogP contribution in [0.5, 0.6) is 11.5 Å². The Bertz CT molecular complexity index is 1390. The van der Waals surface area contributed by atoms with Crippen LogP contribution in [-0.4, -0.2) is 40.8 Å². The van der Waals surface area contributed by atoms with Crippen molar-refractivity contribution in [3.8, 4) is 11.5 Å². The van der Waals surface area contributed by atoms with Gasteiger partial charge < -0.3 is 9.47 Å². The van der Waals surface area contributed by atoms with E-state index in [4.69, 9.17) is 9.47 Å². The van der Waals surface area contributed by atoms with Gasteiger partial charge in [-0.25, -0.2) is 13.8 Å². The fraction of sp³-hybridized carbons (Fsp3) is 0.154. The third-order valence-electron chi connectivity index (χ3n) is 5.01. The Labute approximate surface area is 233 Å². The van der Waals surface area contributed by atoms with Crippen molar-refractivity contribution < 1.29 is 22.7 Å². The second kappa shape index (κ2) is 12.9. The molecule has 0 saturated carbocycles. The standard InChI is InChI=1S/C26H25Br2N3O5S/c1-4-13-36-26-23(28)14-19(15-24(26)35-3)16-29-30-25(32)17-31(21-9-7-20(27)8-10-21)37(33,34)22-11-5-18(2)6-12-22/h4-12,14-16H,1,13,17H2,2-3H3,(H,30,32)/b29-16-. The predicted octanol–water partition coefficient (Wildman–Crippen LogP) is 5.44. The summed E-state index contributed by atoms with van der Waals surface area (Å²) in [5, 5.41) is 3.99. The molecular formula is C26H25Br2N3O5S. The minimum absolute atomic E-state index is 0.0769. The van der Waals surface area contributed by atoms with Gasteiger partial charge in [0.25, 0.3) is 15.9 Å². The third-order valence-corrected chi connectivity index (χ3v) is 7.92. The molecule has 11 heteroatoms. The van der Waals surface area contributed by atoms with E-state index in [0.717, 1.165) is 14.3 Å². The Morgan fingerprint density at radius 3 is 2.41 bits per heavy atom. The molecule has 8 nitrogen and oxygen atoms in total. The lowest BCUT2D eigenvalue weighted by molar-refractivity contribution is -0.119. The molecule has 0 unspecified atom stereocenters. The Kier molecular flexibility index (Phi) is 9.90. The van der Waals surface area contributed by atoms with Gasteiger partial charge in [-0.15, -0.1) is 0 Å². The van der Waals surface area contributed by atoms with Gasteiger partial charge in [-0.1, -0.05) is 46.3 Å². The SMILES string of the molecule is C=CCOc1c(Br)cc(/C=N\NC(=O)CN(c2ccc(Br)cc2)S(=O)(=O)c2ccc(C)cc2)cc1OC. The summed E-state index contributed by atoms with van der Waals surface area (Å²) in [6.07, 6.45) is 3.04. The van der Waals surface area contributed by atoms with Crippen molar-refractivity contribution in [1.82, 2.24) is 5.43 Å². The number of nitrogens with one attached hydrogen (secondary N) is 1. The van der Waals surface area contributed by atoms with E-state index in [2.05, 4.69) is 49.0 Å². The van der Waals surface area contributed by atoms with Crippen molar-refractivity contribution in [2.24, 2.45) is 5.10 Å². The van der Waals surface area contributed by atoms with Crippen LogP contribution in [0.25, 0.3) is 0 Å². The van der Waals surface area contributed by atoms with Crippen LogP contribution in [0.4, 0.5) is 5.69 Å². The molecular weight excluding hydrogens is 626 g/mol. The molecule has 37 heavy (non-hydrogen) atoms. The first kappa shape index (κ1) is 28.4. The number of amides is 1. The van der Waals surface area contributed by atoms with Gasteiger partial charge in [-0.2, -0.15) is 5.10 Å². The number of benzene rings is 3. The van der Waals surface area contributed by atoms with Crippen LogP contribution in [-0.2, 0) is 14.8 Å². The average Bonchev–Trinajstić information content (AvgIpc) is 2.87. The van der Waals surface area contributed by atoms with Gasteiger partial charge in [0.2, 0.25) is 0 Å². The molecule has 0 atom stereocenters. The zero-order valence-electron chi connectivity index (χ0n) is 20.1. The van der Waals surface area contributed by atoms with Crippen LogP contribution >= 0.6 is 31.9 Å². The summed E-state index contributed by atoms with van der Waals surface area (Å²) < 4.78 is 40.3. The molecule has 0 aliphatic rings. The van der Waals surface area contributed by atoms with Crippen LogP contribution in [0.1, 0.15) is 11.1 Å². The lowest BCUT2D eigenvalue weighted by atomic mass is 10.2. The number of nitrogens with zero attached hydrogens (tertiary/aromatic N) is 2. The van der Waals surface area contributed by atoms with Gasteiger partial charge in [0, 0.05) is 4.47 Å². The normalized spacial score (nSPS) is 11.2. The van der Waals surface area contributed by atoms with Crippen molar-refractivity contribution in [2.75, 3.05) is 24.6 Å². The first-order valence-corrected chi connectivity index (χ1v) is 14.0. The van der Waals surface area contributed by atoms with Crippen LogP contribution < -0.4 is 19.2 Å². The first-order valence-electron chi connectivity index (χ1n) is 10.9. The zero-order valence-corrected chi connectivity index (χ0v) is 24.1. The number of anilines is 1. The molecule has 0 fully saturated rings. The smallest absolute Gasteiger partial charge is 0.264 e. The minimum Gasteiger partial charge on any atom is -0.493 e. The van der Waals surface area contributed by atoms with Crippen molar-refractivity contribution in [3.05, 3.63) is 93.4 Å². The summed E-state index contributed by atoms with van der Waals surface area (Å²) in [6, 6.07) is 16.5. The van der Waals surface area contributed by atoms with E-state index in [9.17, 15) is 13.2 Å². The molecule has 0 saturated heterocycles. The van der Waals surface area contributed by atoms with E-state index in [1.807, 2.05) is 6.92 Å². The van der Waals surface area contributed by atoms with E-state index in [1.54, 1.807) is 54.6 Å². The number of hydrogen-bond acceptors (Lipinski definition) is 6. The monoisotopic (exact) mass is 649 g/mol. The Morgan fingerprint density at radius 1 is 1.11 bits per heavy atom. The molecule has 0 spiro atoms. The van der Waals surface area contributed by atoms with Crippen LogP contribution in [0, 0.1) is 6.92 Å². The minimum atomic E-state index is -4.02. The van der Waals surface area contributed by atoms with Gasteiger partial charge in [0.15, 0.2) is 11.5 Å². The van der Waals surface area contributed by atoms with E-state index in [-0.39, 0.29) is 4.90 Å². The lowest BCUT2D eigenvalue weighted by Gasteiger charge is -2.23. The van der Waals surface area contributed by atoms with E-state index < -0.39 is 22.5 Å². The van der Waals surface area contributed by atoms with Gasteiger partial charge in [0.05, 0.1) is 28.4 Å². The summed E-state index contributed by atoms with van der Waals surface area (Å²) in [4.78, 5) is 12.9. The van der Waals surface area contributed by atoms with Crippen molar-refractivity contribution in [2.45, 2.75) is 11.8 Å². The van der Waals surface area contributed by atoms with E-state index in [0.29, 0.717) is 33.8 Å². The summed E-state index contributed by atoms with van der Waals surface area (Å²) in [5.41, 5.74) is 4.27. The zero-order chi connectivity index (χ0) is 27.0. The number of hydrogen-bond donors (Lipinski definition) is 1.